The number of nitrogens with one attached hydrogen (secondary N) is 1. The Morgan fingerprint density at radius 2 is 1.94 bits per heavy atom. The maximum Gasteiger partial charge on any atom is 0.245 e. The smallest absolute Gasteiger partial charge is 0.245 e. The van der Waals surface area contributed by atoms with Crippen LogP contribution in [0.2, 0.25) is 0 Å². The second-order valence-electron chi connectivity index (χ2n) is 10.1. The van der Waals surface area contributed by atoms with Crippen LogP contribution in [-0.2, 0) is 14.3 Å². The van der Waals surface area contributed by atoms with E-state index < -0.39 is 17.7 Å². The van der Waals surface area contributed by atoms with Crippen LogP contribution in [0.3, 0.4) is 0 Å². The summed E-state index contributed by atoms with van der Waals surface area (Å²) >= 11 is 0. The summed E-state index contributed by atoms with van der Waals surface area (Å²) in [4.78, 5) is 27.6. The molecule has 0 spiro atoms. The van der Waals surface area contributed by atoms with E-state index in [2.05, 4.69) is 25.2 Å². The first kappa shape index (κ1) is 22.1. The van der Waals surface area contributed by atoms with E-state index >= 15 is 0 Å². The van der Waals surface area contributed by atoms with Crippen LogP contribution in [0.25, 0.3) is 0 Å². The Balaban J connectivity index is 1.56. The zero-order valence-electron chi connectivity index (χ0n) is 19.1. The van der Waals surface area contributed by atoms with Crippen molar-refractivity contribution < 1.29 is 19.1 Å². The summed E-state index contributed by atoms with van der Waals surface area (Å²) in [5, 5.41) is 2.85. The lowest BCUT2D eigenvalue weighted by atomic mass is 9.74. The number of hydrogen-bond donors (Lipinski definition) is 2. The minimum atomic E-state index is -0.653. The second kappa shape index (κ2) is 8.10. The quantitative estimate of drug-likeness (QED) is 0.767. The maximum atomic E-state index is 13.5. The number of rotatable bonds is 4. The van der Waals surface area contributed by atoms with Crippen molar-refractivity contribution in [2.75, 3.05) is 6.54 Å². The van der Waals surface area contributed by atoms with Crippen molar-refractivity contribution in [3.05, 3.63) is 29.8 Å². The van der Waals surface area contributed by atoms with Gasteiger partial charge >= 0.3 is 0 Å². The Hall–Kier alpha value is -2.12. The van der Waals surface area contributed by atoms with Crippen LogP contribution in [0, 0.1) is 11.8 Å². The number of benzene rings is 1. The Kier molecular flexibility index (Phi) is 5.77. The predicted molar refractivity (Wildman–Crippen MR) is 117 cm³/mol. The summed E-state index contributed by atoms with van der Waals surface area (Å²) in [7, 11) is 0. The Labute approximate surface area is 184 Å². The number of likely N-dealkylation sites (tertiary alicyclic amines) is 1. The average Bonchev–Trinajstić information content (AvgIpc) is 3.12. The van der Waals surface area contributed by atoms with Crippen molar-refractivity contribution in [3.63, 3.8) is 0 Å². The molecule has 170 valence electrons. The van der Waals surface area contributed by atoms with E-state index in [4.69, 9.17) is 15.2 Å². The lowest BCUT2D eigenvalue weighted by molar-refractivity contribution is -0.168. The molecule has 3 aliphatic heterocycles. The molecule has 3 heterocycles. The zero-order chi connectivity index (χ0) is 22.5. The Morgan fingerprint density at radius 3 is 2.61 bits per heavy atom. The minimum absolute atomic E-state index is 0.0101. The normalized spacial score (nSPS) is 30.5. The molecule has 0 aromatic heterocycles. The summed E-state index contributed by atoms with van der Waals surface area (Å²) < 4.78 is 13.0. The molecule has 31 heavy (non-hydrogen) atoms. The van der Waals surface area contributed by atoms with Crippen LogP contribution in [0.15, 0.2) is 24.3 Å². The summed E-state index contributed by atoms with van der Waals surface area (Å²) in [6.07, 6.45) is 1.57. The maximum absolute atomic E-state index is 13.5. The molecule has 0 bridgehead atoms. The number of carbonyl (C=O) groups excluding carboxylic acids is 2. The third kappa shape index (κ3) is 3.94. The number of ether oxygens (including phenoxy) is 2. The molecule has 4 rings (SSSR count). The van der Waals surface area contributed by atoms with Gasteiger partial charge in [-0.2, -0.15) is 0 Å². The van der Waals surface area contributed by atoms with Crippen molar-refractivity contribution in [2.45, 2.75) is 83.4 Å². The van der Waals surface area contributed by atoms with E-state index in [1.54, 1.807) is 6.92 Å². The number of carbonyl (C=O) groups is 2. The van der Waals surface area contributed by atoms with Gasteiger partial charge in [0.1, 0.15) is 17.4 Å². The largest absolute Gasteiger partial charge is 0.487 e. The number of nitrogens with two attached hydrogens (primary N) is 1. The molecule has 0 aliphatic carbocycles. The highest BCUT2D eigenvalue weighted by Crippen LogP contribution is 2.52. The fourth-order valence-corrected chi connectivity index (χ4v) is 5.29. The van der Waals surface area contributed by atoms with Crippen LogP contribution < -0.4 is 15.8 Å². The SMILES string of the molecule is CC(C)[C@H](NC(=O)[C@H](C)N)C(=O)N1CC[C@H]2O[C@H]3c4ccccc4OC(C)(C)[C@@H]3C[C@@H]21. The van der Waals surface area contributed by atoms with E-state index in [0.717, 1.165) is 24.2 Å². The fourth-order valence-electron chi connectivity index (χ4n) is 5.29. The number of hydrogen-bond acceptors (Lipinski definition) is 5. The second-order valence-corrected chi connectivity index (χ2v) is 10.1. The van der Waals surface area contributed by atoms with E-state index in [-0.39, 0.29) is 41.9 Å². The van der Waals surface area contributed by atoms with Gasteiger partial charge in [0.05, 0.1) is 24.3 Å². The molecule has 0 radical (unpaired) electrons. The fraction of sp³-hybridized carbons (Fsp3) is 0.667. The predicted octanol–water partition coefficient (Wildman–Crippen LogP) is 2.39. The molecule has 2 fully saturated rings. The van der Waals surface area contributed by atoms with Crippen molar-refractivity contribution in [2.24, 2.45) is 17.6 Å². The van der Waals surface area contributed by atoms with Crippen molar-refractivity contribution in [1.82, 2.24) is 10.2 Å². The van der Waals surface area contributed by atoms with Gasteiger partial charge < -0.3 is 25.4 Å². The highest BCUT2D eigenvalue weighted by molar-refractivity contribution is 5.90. The summed E-state index contributed by atoms with van der Waals surface area (Å²) in [6.45, 7) is 10.4. The first-order chi connectivity index (χ1) is 14.6. The lowest BCUT2D eigenvalue weighted by Gasteiger charge is -2.51. The van der Waals surface area contributed by atoms with Crippen molar-refractivity contribution in [1.29, 1.82) is 0 Å². The van der Waals surface area contributed by atoms with Gasteiger partial charge in [-0.1, -0.05) is 32.0 Å². The van der Waals surface area contributed by atoms with Crippen molar-refractivity contribution >= 4 is 11.8 Å². The molecular weight excluding hydrogens is 394 g/mol. The summed E-state index contributed by atoms with van der Waals surface area (Å²) in [6, 6.07) is 6.83. The van der Waals surface area contributed by atoms with E-state index in [9.17, 15) is 9.59 Å². The number of nitrogens with zero attached hydrogens (tertiary/aromatic N) is 1. The molecule has 3 N–H and O–H groups in total. The first-order valence-electron chi connectivity index (χ1n) is 11.4. The standard InChI is InChI=1S/C24H35N3O4/c1-13(2)20(26-22(28)14(3)25)23(29)27-11-10-19-17(27)12-16-21(30-19)15-8-6-7-9-18(15)31-24(16,4)5/h6-9,13-14,16-17,19-21H,10-12,25H2,1-5H3,(H,26,28)/t14-,16+,17-,19+,20-,21-/m0/s1. The van der Waals surface area contributed by atoms with Crippen molar-refractivity contribution in [3.8, 4) is 5.75 Å². The molecule has 7 heteroatoms. The van der Waals surface area contributed by atoms with Gasteiger partial charge in [-0.05, 0) is 45.6 Å². The van der Waals surface area contributed by atoms with Crippen LogP contribution in [-0.4, -0.2) is 53.1 Å². The topological polar surface area (TPSA) is 93.9 Å². The van der Waals surface area contributed by atoms with Gasteiger partial charge in [0, 0.05) is 18.0 Å². The van der Waals surface area contributed by atoms with Crippen LogP contribution in [0.4, 0.5) is 0 Å². The van der Waals surface area contributed by atoms with Gasteiger partial charge in [-0.15, -0.1) is 0 Å². The molecule has 2 amide bonds. The molecule has 7 nitrogen and oxygen atoms in total. The molecule has 1 aromatic carbocycles. The first-order valence-corrected chi connectivity index (χ1v) is 11.4. The summed E-state index contributed by atoms with van der Waals surface area (Å²) in [5.41, 5.74) is 6.41. The highest BCUT2D eigenvalue weighted by Gasteiger charge is 2.54. The summed E-state index contributed by atoms with van der Waals surface area (Å²) in [5.74, 6) is 0.632. The third-order valence-electron chi connectivity index (χ3n) is 7.08. The Bertz CT molecular complexity index is 853. The van der Waals surface area contributed by atoms with E-state index in [1.165, 1.54) is 0 Å². The third-order valence-corrected chi connectivity index (χ3v) is 7.08. The van der Waals surface area contributed by atoms with Crippen LogP contribution in [0.1, 0.15) is 59.1 Å². The highest BCUT2D eigenvalue weighted by atomic mass is 16.5. The molecule has 0 saturated carbocycles. The molecule has 0 unspecified atom stereocenters. The number of amides is 2. The van der Waals surface area contributed by atoms with Gasteiger partial charge in [0.2, 0.25) is 11.8 Å². The lowest BCUT2D eigenvalue weighted by Crippen LogP contribution is -2.58. The van der Waals surface area contributed by atoms with Gasteiger partial charge in [0.25, 0.3) is 0 Å². The van der Waals surface area contributed by atoms with E-state index in [0.29, 0.717) is 6.54 Å². The molecule has 3 aliphatic rings. The Morgan fingerprint density at radius 1 is 1.23 bits per heavy atom. The number of fused-ring (bicyclic) bond motifs is 4. The molecule has 6 atom stereocenters. The average molecular weight is 430 g/mol. The monoisotopic (exact) mass is 429 g/mol. The van der Waals surface area contributed by atoms with Gasteiger partial charge in [0.15, 0.2) is 0 Å². The van der Waals surface area contributed by atoms with Crippen LogP contribution in [0.5, 0.6) is 5.75 Å². The molecular formula is C24H35N3O4. The van der Waals surface area contributed by atoms with Crippen LogP contribution >= 0.6 is 0 Å². The molecule has 2 saturated heterocycles. The molecule has 1 aromatic rings. The van der Waals surface area contributed by atoms with Gasteiger partial charge in [-0.25, -0.2) is 0 Å². The van der Waals surface area contributed by atoms with Gasteiger partial charge in [-0.3, -0.25) is 9.59 Å². The minimum Gasteiger partial charge on any atom is -0.487 e. The van der Waals surface area contributed by atoms with E-state index in [1.807, 2.05) is 36.9 Å². The zero-order valence-corrected chi connectivity index (χ0v) is 19.1. The number of para-hydroxylation sites is 1.